The molecule has 3 N–H and O–H groups in total. The van der Waals surface area contributed by atoms with Crippen LogP contribution in [0.3, 0.4) is 0 Å². The van der Waals surface area contributed by atoms with Crippen molar-refractivity contribution < 1.29 is 0 Å². The molecule has 0 radical (unpaired) electrons. The lowest BCUT2D eigenvalue weighted by Gasteiger charge is -2.13. The molecular weight excluding hydrogens is 228 g/mol. The SMILES string of the molecule is Cc1ccc(C(CCc2ccccc2)NN)s1. The molecule has 17 heavy (non-hydrogen) atoms. The van der Waals surface area contributed by atoms with E-state index in [2.05, 4.69) is 48.7 Å². The van der Waals surface area contributed by atoms with Crippen LogP contribution in [0.1, 0.15) is 27.8 Å². The van der Waals surface area contributed by atoms with Crippen LogP contribution in [-0.2, 0) is 6.42 Å². The number of aryl methyl sites for hydroxylation is 2. The first-order chi connectivity index (χ1) is 8.29. The van der Waals surface area contributed by atoms with Gasteiger partial charge in [0, 0.05) is 9.75 Å². The molecule has 0 aliphatic carbocycles. The van der Waals surface area contributed by atoms with Crippen molar-refractivity contribution in [2.24, 2.45) is 5.84 Å². The number of hydrogen-bond acceptors (Lipinski definition) is 3. The number of benzene rings is 1. The molecule has 3 heteroatoms. The second kappa shape index (κ2) is 5.96. The minimum absolute atomic E-state index is 0.258. The van der Waals surface area contributed by atoms with Gasteiger partial charge in [0.2, 0.25) is 0 Å². The van der Waals surface area contributed by atoms with Crippen LogP contribution in [0.5, 0.6) is 0 Å². The van der Waals surface area contributed by atoms with Gasteiger partial charge in [-0.05, 0) is 37.5 Å². The topological polar surface area (TPSA) is 38.0 Å². The van der Waals surface area contributed by atoms with E-state index in [-0.39, 0.29) is 6.04 Å². The minimum atomic E-state index is 0.258. The average molecular weight is 246 g/mol. The van der Waals surface area contributed by atoms with Crippen LogP contribution in [0.25, 0.3) is 0 Å². The summed E-state index contributed by atoms with van der Waals surface area (Å²) in [6, 6.07) is 15.1. The minimum Gasteiger partial charge on any atom is -0.271 e. The summed E-state index contributed by atoms with van der Waals surface area (Å²) in [7, 11) is 0. The number of hydrogen-bond donors (Lipinski definition) is 2. The summed E-state index contributed by atoms with van der Waals surface area (Å²) in [5, 5.41) is 0. The Bertz CT molecular complexity index is 450. The van der Waals surface area contributed by atoms with Crippen molar-refractivity contribution in [3.8, 4) is 0 Å². The van der Waals surface area contributed by atoms with Crippen molar-refractivity contribution >= 4 is 11.3 Å². The first kappa shape index (κ1) is 12.3. The molecule has 0 saturated carbocycles. The van der Waals surface area contributed by atoms with E-state index in [1.807, 2.05) is 17.4 Å². The number of nitrogens with one attached hydrogen (secondary N) is 1. The lowest BCUT2D eigenvalue weighted by molar-refractivity contribution is 0.524. The Labute approximate surface area is 106 Å². The summed E-state index contributed by atoms with van der Waals surface area (Å²) in [5.74, 6) is 5.63. The lowest BCUT2D eigenvalue weighted by Crippen LogP contribution is -2.27. The fraction of sp³-hybridized carbons (Fsp3) is 0.286. The monoisotopic (exact) mass is 246 g/mol. The standard InChI is InChI=1S/C14H18N2S/c1-11-7-10-14(17-11)13(16-15)9-8-12-5-3-2-4-6-12/h2-7,10,13,16H,8-9,15H2,1H3. The van der Waals surface area contributed by atoms with E-state index in [1.165, 1.54) is 15.3 Å². The Morgan fingerprint density at radius 2 is 1.94 bits per heavy atom. The van der Waals surface area contributed by atoms with Crippen LogP contribution in [-0.4, -0.2) is 0 Å². The number of rotatable bonds is 5. The Morgan fingerprint density at radius 1 is 1.18 bits per heavy atom. The summed E-state index contributed by atoms with van der Waals surface area (Å²) in [5.41, 5.74) is 4.27. The molecule has 1 aromatic carbocycles. The molecule has 0 fully saturated rings. The first-order valence-electron chi connectivity index (χ1n) is 5.86. The van der Waals surface area contributed by atoms with Crippen molar-refractivity contribution in [3.63, 3.8) is 0 Å². The fourth-order valence-electron chi connectivity index (χ4n) is 1.90. The van der Waals surface area contributed by atoms with Gasteiger partial charge in [-0.15, -0.1) is 11.3 Å². The van der Waals surface area contributed by atoms with Crippen LogP contribution < -0.4 is 11.3 Å². The molecule has 0 saturated heterocycles. The molecule has 0 amide bonds. The Morgan fingerprint density at radius 3 is 2.53 bits per heavy atom. The second-order valence-corrected chi connectivity index (χ2v) is 5.51. The van der Waals surface area contributed by atoms with E-state index in [0.29, 0.717) is 0 Å². The van der Waals surface area contributed by atoms with E-state index >= 15 is 0 Å². The predicted molar refractivity (Wildman–Crippen MR) is 73.9 cm³/mol. The maximum atomic E-state index is 5.63. The van der Waals surface area contributed by atoms with Crippen LogP contribution in [0.4, 0.5) is 0 Å². The molecule has 0 bridgehead atoms. The molecule has 1 atom stereocenters. The molecule has 1 heterocycles. The predicted octanol–water partition coefficient (Wildman–Crippen LogP) is 3.19. The van der Waals surface area contributed by atoms with Crippen molar-refractivity contribution in [1.29, 1.82) is 0 Å². The smallest absolute Gasteiger partial charge is 0.0556 e. The van der Waals surface area contributed by atoms with E-state index < -0.39 is 0 Å². The van der Waals surface area contributed by atoms with E-state index in [9.17, 15) is 0 Å². The van der Waals surface area contributed by atoms with Gasteiger partial charge in [0.25, 0.3) is 0 Å². The summed E-state index contributed by atoms with van der Waals surface area (Å²) >= 11 is 1.81. The maximum absolute atomic E-state index is 5.63. The van der Waals surface area contributed by atoms with Crippen LogP contribution in [0, 0.1) is 6.92 Å². The lowest BCUT2D eigenvalue weighted by atomic mass is 10.0. The molecule has 1 unspecified atom stereocenters. The molecular formula is C14H18N2S. The number of thiophene rings is 1. The molecule has 0 aliphatic rings. The quantitative estimate of drug-likeness (QED) is 0.628. The van der Waals surface area contributed by atoms with Crippen molar-refractivity contribution in [1.82, 2.24) is 5.43 Å². The third-order valence-electron chi connectivity index (χ3n) is 2.87. The number of nitrogens with two attached hydrogens (primary N) is 1. The Kier molecular flexibility index (Phi) is 4.31. The van der Waals surface area contributed by atoms with Crippen molar-refractivity contribution in [2.45, 2.75) is 25.8 Å². The normalized spacial score (nSPS) is 12.6. The number of hydrazine groups is 1. The first-order valence-corrected chi connectivity index (χ1v) is 6.67. The summed E-state index contributed by atoms with van der Waals surface area (Å²) < 4.78 is 0. The highest BCUT2D eigenvalue weighted by Gasteiger charge is 2.11. The molecule has 2 aromatic rings. The highest BCUT2D eigenvalue weighted by molar-refractivity contribution is 7.12. The van der Waals surface area contributed by atoms with Crippen LogP contribution in [0.15, 0.2) is 42.5 Å². The van der Waals surface area contributed by atoms with Gasteiger partial charge >= 0.3 is 0 Å². The Hall–Kier alpha value is -1.16. The van der Waals surface area contributed by atoms with E-state index in [0.717, 1.165) is 12.8 Å². The van der Waals surface area contributed by atoms with Gasteiger partial charge in [-0.3, -0.25) is 11.3 Å². The third kappa shape index (κ3) is 3.40. The van der Waals surface area contributed by atoms with E-state index in [1.54, 1.807) is 0 Å². The van der Waals surface area contributed by atoms with Gasteiger partial charge in [-0.25, -0.2) is 0 Å². The highest BCUT2D eigenvalue weighted by Crippen LogP contribution is 2.25. The van der Waals surface area contributed by atoms with Gasteiger partial charge in [0.1, 0.15) is 0 Å². The largest absolute Gasteiger partial charge is 0.271 e. The molecule has 0 spiro atoms. The van der Waals surface area contributed by atoms with Gasteiger partial charge in [-0.1, -0.05) is 30.3 Å². The second-order valence-electron chi connectivity index (χ2n) is 4.19. The zero-order valence-electron chi connectivity index (χ0n) is 10.0. The van der Waals surface area contributed by atoms with Gasteiger partial charge < -0.3 is 0 Å². The third-order valence-corrected chi connectivity index (χ3v) is 3.98. The molecule has 0 aliphatic heterocycles. The molecule has 2 nitrogen and oxygen atoms in total. The maximum Gasteiger partial charge on any atom is 0.0556 e. The van der Waals surface area contributed by atoms with E-state index in [4.69, 9.17) is 5.84 Å². The summed E-state index contributed by atoms with van der Waals surface area (Å²) in [6.45, 7) is 2.12. The molecule has 1 aromatic heterocycles. The van der Waals surface area contributed by atoms with Crippen LogP contribution in [0.2, 0.25) is 0 Å². The van der Waals surface area contributed by atoms with Crippen molar-refractivity contribution in [3.05, 3.63) is 57.8 Å². The van der Waals surface area contributed by atoms with Gasteiger partial charge in [0.05, 0.1) is 6.04 Å². The zero-order valence-corrected chi connectivity index (χ0v) is 10.8. The molecule has 2 rings (SSSR count). The summed E-state index contributed by atoms with van der Waals surface area (Å²) in [6.07, 6.45) is 2.08. The Balaban J connectivity index is 1.97. The zero-order chi connectivity index (χ0) is 12.1. The van der Waals surface area contributed by atoms with Gasteiger partial charge in [0.15, 0.2) is 0 Å². The fourth-order valence-corrected chi connectivity index (χ4v) is 2.88. The van der Waals surface area contributed by atoms with Crippen LogP contribution >= 0.6 is 11.3 Å². The summed E-state index contributed by atoms with van der Waals surface area (Å²) in [4.78, 5) is 2.65. The average Bonchev–Trinajstić information content (AvgIpc) is 2.78. The molecule has 90 valence electrons. The van der Waals surface area contributed by atoms with Crippen molar-refractivity contribution in [2.75, 3.05) is 0 Å². The highest BCUT2D eigenvalue weighted by atomic mass is 32.1. The van der Waals surface area contributed by atoms with Gasteiger partial charge in [-0.2, -0.15) is 0 Å².